The molecule has 0 aliphatic heterocycles. The molecule has 0 atom stereocenters. The van der Waals surface area contributed by atoms with Crippen molar-refractivity contribution in [3.63, 3.8) is 0 Å². The molecule has 0 amide bonds. The van der Waals surface area contributed by atoms with Crippen molar-refractivity contribution < 1.29 is 20.1 Å². The van der Waals surface area contributed by atoms with E-state index in [2.05, 4.69) is 0 Å². The zero-order chi connectivity index (χ0) is 16.4. The van der Waals surface area contributed by atoms with E-state index in [0.29, 0.717) is 11.4 Å². The molecular formula is C14H22N2O5. The first-order valence-electron chi connectivity index (χ1n) is 6.56. The van der Waals surface area contributed by atoms with Gasteiger partial charge < -0.3 is 19.9 Å². The first kappa shape index (κ1) is 17.2. The zero-order valence-electron chi connectivity index (χ0n) is 12.8. The van der Waals surface area contributed by atoms with E-state index in [1.807, 2.05) is 20.8 Å². The predicted octanol–water partition coefficient (Wildman–Crippen LogP) is 0.318. The summed E-state index contributed by atoms with van der Waals surface area (Å²) in [5, 5.41) is 28.3. The third-order valence-corrected chi connectivity index (χ3v) is 3.02. The highest BCUT2D eigenvalue weighted by molar-refractivity contribution is 5.69. The number of carbonyl (C=O) groups is 1. The molecule has 21 heavy (non-hydrogen) atoms. The lowest BCUT2D eigenvalue weighted by Crippen LogP contribution is -2.34. The number of carboxylic acids is 1. The highest BCUT2D eigenvalue weighted by Gasteiger charge is 2.24. The number of aliphatic hydroxyl groups excluding tert-OH is 1. The molecule has 1 aromatic heterocycles. The number of aliphatic carboxylic acids is 1. The van der Waals surface area contributed by atoms with Crippen LogP contribution >= 0.6 is 0 Å². The topological polar surface area (TPSA) is 103 Å². The monoisotopic (exact) mass is 298 g/mol. The lowest BCUT2D eigenvalue weighted by atomic mass is 10.0. The summed E-state index contributed by atoms with van der Waals surface area (Å²) >= 11 is 0. The molecule has 118 valence electrons. The van der Waals surface area contributed by atoms with E-state index in [9.17, 15) is 19.8 Å². The fraction of sp³-hybridized carbons (Fsp3) is 0.571. The van der Waals surface area contributed by atoms with E-state index < -0.39 is 22.7 Å². The molecule has 3 N–H and O–H groups in total. The number of aromatic nitrogens is 1. The van der Waals surface area contributed by atoms with Gasteiger partial charge in [0.1, 0.15) is 0 Å². The van der Waals surface area contributed by atoms with Crippen molar-refractivity contribution >= 4 is 5.97 Å². The summed E-state index contributed by atoms with van der Waals surface area (Å²) in [6.07, 6.45) is 0. The van der Waals surface area contributed by atoms with Crippen LogP contribution in [-0.2, 0) is 23.5 Å². The van der Waals surface area contributed by atoms with Crippen molar-refractivity contribution in [3.05, 3.63) is 27.7 Å². The summed E-state index contributed by atoms with van der Waals surface area (Å²) in [6.45, 7) is 5.13. The van der Waals surface area contributed by atoms with Crippen molar-refractivity contribution in [1.29, 1.82) is 0 Å². The molecule has 0 aromatic carbocycles. The van der Waals surface area contributed by atoms with Gasteiger partial charge in [0.2, 0.25) is 5.43 Å². The van der Waals surface area contributed by atoms with Crippen LogP contribution in [0, 0.1) is 0 Å². The van der Waals surface area contributed by atoms with Crippen LogP contribution in [0.5, 0.6) is 5.75 Å². The normalized spacial score (nSPS) is 11.9. The molecule has 1 aromatic rings. The Morgan fingerprint density at radius 2 is 1.95 bits per heavy atom. The van der Waals surface area contributed by atoms with Crippen LogP contribution in [-0.4, -0.2) is 44.3 Å². The summed E-state index contributed by atoms with van der Waals surface area (Å²) in [6, 6.07) is 1.20. The van der Waals surface area contributed by atoms with Gasteiger partial charge in [-0.25, -0.2) is 0 Å². The minimum Gasteiger partial charge on any atom is -0.503 e. The molecular weight excluding hydrogens is 276 g/mol. The van der Waals surface area contributed by atoms with E-state index in [-0.39, 0.29) is 19.7 Å². The number of hydrogen-bond donors (Lipinski definition) is 3. The van der Waals surface area contributed by atoms with Crippen LogP contribution in [0.2, 0.25) is 0 Å². The van der Waals surface area contributed by atoms with Crippen LogP contribution in [0.15, 0.2) is 10.9 Å². The summed E-state index contributed by atoms with van der Waals surface area (Å²) in [5.41, 5.74) is -0.395. The van der Waals surface area contributed by atoms with Gasteiger partial charge in [-0.3, -0.25) is 14.5 Å². The molecule has 0 spiro atoms. The first-order valence-corrected chi connectivity index (χ1v) is 6.56. The third kappa shape index (κ3) is 4.05. The van der Waals surface area contributed by atoms with Crippen molar-refractivity contribution in [2.75, 3.05) is 13.6 Å². The lowest BCUT2D eigenvalue weighted by molar-refractivity contribution is -0.138. The fourth-order valence-electron chi connectivity index (χ4n) is 2.35. The molecule has 1 heterocycles. The van der Waals surface area contributed by atoms with E-state index in [1.54, 1.807) is 11.6 Å². The molecule has 0 aliphatic rings. The number of aromatic hydroxyl groups is 1. The lowest BCUT2D eigenvalue weighted by Gasteiger charge is -2.31. The second-order valence-corrected chi connectivity index (χ2v) is 6.03. The SMILES string of the molecule is CN(CC(=O)O)Cc1c(O)c(=O)cc(CO)n1C(C)(C)C. The average Bonchev–Trinajstić information content (AvgIpc) is 2.31. The van der Waals surface area contributed by atoms with E-state index in [1.165, 1.54) is 11.0 Å². The summed E-state index contributed by atoms with van der Waals surface area (Å²) in [5.74, 6) is -1.42. The second-order valence-electron chi connectivity index (χ2n) is 6.03. The molecule has 0 fully saturated rings. The maximum atomic E-state index is 11.8. The first-order chi connectivity index (χ1) is 9.57. The van der Waals surface area contributed by atoms with Gasteiger partial charge in [-0.1, -0.05) is 0 Å². The highest BCUT2D eigenvalue weighted by Crippen LogP contribution is 2.25. The Labute approximate surface area is 123 Å². The van der Waals surface area contributed by atoms with Crippen LogP contribution in [0.1, 0.15) is 32.2 Å². The minimum absolute atomic E-state index is 0.0818. The van der Waals surface area contributed by atoms with E-state index >= 15 is 0 Å². The van der Waals surface area contributed by atoms with Crippen LogP contribution in [0.4, 0.5) is 0 Å². The molecule has 0 bridgehead atoms. The Morgan fingerprint density at radius 3 is 2.38 bits per heavy atom. The van der Waals surface area contributed by atoms with Gasteiger partial charge in [0.25, 0.3) is 0 Å². The number of hydrogen-bond acceptors (Lipinski definition) is 5. The number of aliphatic hydroxyl groups is 1. The van der Waals surface area contributed by atoms with Crippen molar-refractivity contribution in [2.24, 2.45) is 0 Å². The Kier molecular flexibility index (Phi) is 5.14. The quantitative estimate of drug-likeness (QED) is 0.723. The molecule has 0 aliphatic carbocycles. The number of pyridine rings is 1. The molecule has 0 saturated carbocycles. The maximum absolute atomic E-state index is 11.8. The highest BCUT2D eigenvalue weighted by atomic mass is 16.4. The molecule has 0 unspecified atom stereocenters. The van der Waals surface area contributed by atoms with E-state index in [4.69, 9.17) is 5.11 Å². The Balaban J connectivity index is 3.43. The zero-order valence-corrected chi connectivity index (χ0v) is 12.8. The van der Waals surface area contributed by atoms with E-state index in [0.717, 1.165) is 0 Å². The largest absolute Gasteiger partial charge is 0.503 e. The number of carboxylic acid groups (broad SMARTS) is 1. The van der Waals surface area contributed by atoms with Crippen molar-refractivity contribution in [1.82, 2.24) is 9.47 Å². The van der Waals surface area contributed by atoms with Gasteiger partial charge >= 0.3 is 5.97 Å². The number of likely N-dealkylation sites (N-methyl/N-ethyl adjacent to an activating group) is 1. The summed E-state index contributed by atoms with van der Waals surface area (Å²) < 4.78 is 1.67. The van der Waals surface area contributed by atoms with Gasteiger partial charge in [0, 0.05) is 23.8 Å². The summed E-state index contributed by atoms with van der Waals surface area (Å²) in [7, 11) is 1.58. The molecule has 7 nitrogen and oxygen atoms in total. The molecule has 7 heteroatoms. The summed E-state index contributed by atoms with van der Waals surface area (Å²) in [4.78, 5) is 24.0. The number of rotatable bonds is 5. The second kappa shape index (κ2) is 6.28. The average molecular weight is 298 g/mol. The van der Waals surface area contributed by atoms with Gasteiger partial charge in [-0.2, -0.15) is 0 Å². The van der Waals surface area contributed by atoms with Crippen LogP contribution in [0.3, 0.4) is 0 Å². The van der Waals surface area contributed by atoms with Crippen molar-refractivity contribution in [3.8, 4) is 5.75 Å². The standard InChI is InChI=1S/C14H22N2O5/c1-14(2,3)16-9(8-17)5-11(18)13(21)10(16)6-15(4)7-12(19)20/h5,17,21H,6-8H2,1-4H3,(H,19,20). The Bertz CT molecular complexity index is 586. The fourth-order valence-corrected chi connectivity index (χ4v) is 2.35. The molecule has 0 saturated heterocycles. The minimum atomic E-state index is -1.00. The maximum Gasteiger partial charge on any atom is 0.317 e. The van der Waals surface area contributed by atoms with Crippen molar-refractivity contribution in [2.45, 2.75) is 39.5 Å². The van der Waals surface area contributed by atoms with Crippen LogP contribution < -0.4 is 5.43 Å². The third-order valence-electron chi connectivity index (χ3n) is 3.02. The smallest absolute Gasteiger partial charge is 0.317 e. The Morgan fingerprint density at radius 1 is 1.38 bits per heavy atom. The van der Waals surface area contributed by atoms with Gasteiger partial charge in [0.05, 0.1) is 18.8 Å². The molecule has 0 radical (unpaired) electrons. The number of nitrogens with zero attached hydrogens (tertiary/aromatic N) is 2. The predicted molar refractivity (Wildman–Crippen MR) is 77.3 cm³/mol. The van der Waals surface area contributed by atoms with Gasteiger partial charge in [0.15, 0.2) is 5.75 Å². The Hall–Kier alpha value is -1.86. The van der Waals surface area contributed by atoms with Crippen LogP contribution in [0.25, 0.3) is 0 Å². The molecule has 1 rings (SSSR count). The van der Waals surface area contributed by atoms with Gasteiger partial charge in [-0.05, 0) is 27.8 Å². The van der Waals surface area contributed by atoms with Gasteiger partial charge in [-0.15, -0.1) is 0 Å².